The maximum absolute atomic E-state index is 13.4. The van der Waals surface area contributed by atoms with Crippen molar-refractivity contribution in [2.45, 2.75) is 45.3 Å². The topological polar surface area (TPSA) is 117 Å². The molecule has 10 heteroatoms. The molecule has 2 atom stereocenters. The monoisotopic (exact) mass is 436 g/mol. The Hall–Kier alpha value is -3.69. The first kappa shape index (κ1) is 20.2. The molecule has 4 heterocycles. The summed E-state index contributed by atoms with van der Waals surface area (Å²) >= 11 is 0. The van der Waals surface area contributed by atoms with E-state index in [-0.39, 0.29) is 18.9 Å². The highest BCUT2D eigenvalue weighted by Crippen LogP contribution is 2.36. The minimum Gasteiger partial charge on any atom is -0.378 e. The highest BCUT2D eigenvalue weighted by Gasteiger charge is 2.45. The number of carbonyl (C=O) groups is 4. The predicted octanol–water partition coefficient (Wildman–Crippen LogP) is 0.950. The van der Waals surface area contributed by atoms with Gasteiger partial charge in [-0.15, -0.1) is 0 Å². The Morgan fingerprint density at radius 3 is 2.69 bits per heavy atom. The van der Waals surface area contributed by atoms with Gasteiger partial charge in [0.15, 0.2) is 5.82 Å². The molecular weight excluding hydrogens is 412 g/mol. The van der Waals surface area contributed by atoms with Crippen LogP contribution in [0.3, 0.4) is 0 Å². The van der Waals surface area contributed by atoms with Gasteiger partial charge < -0.3 is 10.2 Å². The van der Waals surface area contributed by atoms with E-state index in [1.54, 1.807) is 12.1 Å². The zero-order chi connectivity index (χ0) is 22.7. The second kappa shape index (κ2) is 7.18. The van der Waals surface area contributed by atoms with Gasteiger partial charge in [-0.25, -0.2) is 0 Å². The lowest BCUT2D eigenvalue weighted by Gasteiger charge is -2.36. The summed E-state index contributed by atoms with van der Waals surface area (Å²) in [6, 6.07) is 4.38. The average Bonchev–Trinajstić information content (AvgIpc) is 3.18. The molecule has 3 aliphatic heterocycles. The van der Waals surface area contributed by atoms with Crippen molar-refractivity contribution in [1.82, 2.24) is 20.0 Å². The molecule has 0 bridgehead atoms. The van der Waals surface area contributed by atoms with Crippen molar-refractivity contribution in [3.05, 3.63) is 40.6 Å². The fourth-order valence-corrected chi connectivity index (χ4v) is 4.88. The molecule has 10 nitrogen and oxygen atoms in total. The van der Waals surface area contributed by atoms with Crippen LogP contribution in [-0.4, -0.2) is 56.9 Å². The predicted molar refractivity (Wildman–Crippen MR) is 115 cm³/mol. The Balaban J connectivity index is 1.51. The Kier molecular flexibility index (Phi) is 4.54. The molecule has 0 aliphatic carbocycles. The van der Waals surface area contributed by atoms with Gasteiger partial charge in [-0.1, -0.05) is 12.1 Å². The van der Waals surface area contributed by atoms with Gasteiger partial charge in [0.25, 0.3) is 11.8 Å². The lowest BCUT2D eigenvalue weighted by Crippen LogP contribution is -2.54. The van der Waals surface area contributed by atoms with Crippen LogP contribution in [-0.2, 0) is 23.2 Å². The molecule has 1 fully saturated rings. The van der Waals surface area contributed by atoms with Gasteiger partial charge in [0, 0.05) is 32.6 Å². The first-order chi connectivity index (χ1) is 15.3. The van der Waals surface area contributed by atoms with Crippen LogP contribution in [0.1, 0.15) is 51.7 Å². The van der Waals surface area contributed by atoms with E-state index in [0.29, 0.717) is 23.2 Å². The zero-order valence-electron chi connectivity index (χ0n) is 18.1. The Morgan fingerprint density at radius 1 is 1.16 bits per heavy atom. The Morgan fingerprint density at radius 2 is 1.94 bits per heavy atom. The average molecular weight is 436 g/mol. The molecule has 4 amide bonds. The summed E-state index contributed by atoms with van der Waals surface area (Å²) < 4.78 is 1.82. The maximum Gasteiger partial charge on any atom is 0.262 e. The lowest BCUT2D eigenvalue weighted by molar-refractivity contribution is -0.136. The molecule has 1 aromatic heterocycles. The summed E-state index contributed by atoms with van der Waals surface area (Å²) in [6.07, 6.45) is 0.232. The highest BCUT2D eigenvalue weighted by molar-refractivity contribution is 6.24. The van der Waals surface area contributed by atoms with E-state index < -0.39 is 29.7 Å². The number of anilines is 2. The number of hydrogen-bond donors (Lipinski definition) is 2. The van der Waals surface area contributed by atoms with E-state index >= 15 is 0 Å². The lowest BCUT2D eigenvalue weighted by atomic mass is 10.0. The molecule has 2 aromatic rings. The molecule has 0 saturated carbocycles. The van der Waals surface area contributed by atoms with E-state index in [1.165, 1.54) is 0 Å². The van der Waals surface area contributed by atoms with Crippen LogP contribution in [0.5, 0.6) is 0 Å². The number of imide groups is 2. The van der Waals surface area contributed by atoms with Crippen LogP contribution in [0.25, 0.3) is 0 Å². The van der Waals surface area contributed by atoms with Crippen molar-refractivity contribution < 1.29 is 19.2 Å². The van der Waals surface area contributed by atoms with Gasteiger partial charge in [-0.3, -0.25) is 34.1 Å². The smallest absolute Gasteiger partial charge is 0.262 e. The van der Waals surface area contributed by atoms with Gasteiger partial charge in [-0.2, -0.15) is 5.10 Å². The Bertz CT molecular complexity index is 1190. The Labute approximate surface area is 184 Å². The largest absolute Gasteiger partial charge is 0.378 e. The number of fused-ring (bicyclic) bond motifs is 2. The van der Waals surface area contributed by atoms with Gasteiger partial charge in [0.05, 0.1) is 16.8 Å². The number of amides is 4. The number of nitrogens with zero attached hydrogens (tertiary/aromatic N) is 4. The number of carbonyl (C=O) groups excluding carboxylic acids is 4. The minimum absolute atomic E-state index is 0.0948. The quantitative estimate of drug-likeness (QED) is 0.688. The number of aryl methyl sites for hydroxylation is 2. The summed E-state index contributed by atoms with van der Waals surface area (Å²) in [5.74, 6) is -1.05. The number of rotatable bonds is 3. The summed E-state index contributed by atoms with van der Waals surface area (Å²) in [7, 11) is 1.88. The SMILES string of the molecule is Cc1nn(C)c2c1NCC(C)N2Cc1cccc2c1C(=O)N(C1CCC(=O)NC1=O)C2=O. The third-order valence-corrected chi connectivity index (χ3v) is 6.47. The standard InChI is InChI=1S/C22H24N6O4/c1-11-9-23-18-12(2)25-26(3)20(18)27(11)10-13-5-4-6-14-17(13)22(32)28(21(14)31)15-7-8-16(29)24-19(15)30/h4-6,11,15,23H,7-10H2,1-3H3,(H,24,29,30). The minimum atomic E-state index is -0.975. The fourth-order valence-electron chi connectivity index (χ4n) is 4.88. The molecule has 3 aliphatic rings. The number of nitrogens with one attached hydrogen (secondary N) is 2. The highest BCUT2D eigenvalue weighted by atomic mass is 16.2. The first-order valence-electron chi connectivity index (χ1n) is 10.7. The first-order valence-corrected chi connectivity index (χ1v) is 10.7. The summed E-state index contributed by atoms with van der Waals surface area (Å²) in [4.78, 5) is 53.5. The molecule has 1 saturated heterocycles. The summed E-state index contributed by atoms with van der Waals surface area (Å²) in [6.45, 7) is 5.17. The van der Waals surface area contributed by atoms with Crippen LogP contribution in [0.15, 0.2) is 18.2 Å². The molecule has 5 rings (SSSR count). The van der Waals surface area contributed by atoms with E-state index in [2.05, 4.69) is 27.6 Å². The molecule has 1 aromatic carbocycles. The molecule has 0 radical (unpaired) electrons. The van der Waals surface area contributed by atoms with E-state index in [1.807, 2.05) is 24.7 Å². The van der Waals surface area contributed by atoms with Crippen molar-refractivity contribution in [3.8, 4) is 0 Å². The molecule has 32 heavy (non-hydrogen) atoms. The fraction of sp³-hybridized carbons (Fsp3) is 0.409. The number of benzene rings is 1. The van der Waals surface area contributed by atoms with Gasteiger partial charge in [-0.05, 0) is 31.9 Å². The number of hydrogen-bond acceptors (Lipinski definition) is 7. The number of piperidine rings is 1. The number of aromatic nitrogens is 2. The normalized spacial score (nSPS) is 22.6. The second-order valence-corrected chi connectivity index (χ2v) is 8.55. The molecular formula is C22H24N6O4. The maximum atomic E-state index is 13.4. The van der Waals surface area contributed by atoms with Crippen molar-refractivity contribution in [1.29, 1.82) is 0 Å². The molecule has 166 valence electrons. The summed E-state index contributed by atoms with van der Waals surface area (Å²) in [5, 5.41) is 10.2. The van der Waals surface area contributed by atoms with Crippen LogP contribution in [0.2, 0.25) is 0 Å². The van der Waals surface area contributed by atoms with E-state index in [9.17, 15) is 19.2 Å². The zero-order valence-corrected chi connectivity index (χ0v) is 18.1. The second-order valence-electron chi connectivity index (χ2n) is 8.55. The van der Waals surface area contributed by atoms with Crippen molar-refractivity contribution >= 4 is 35.1 Å². The van der Waals surface area contributed by atoms with E-state index in [4.69, 9.17) is 0 Å². The third-order valence-electron chi connectivity index (χ3n) is 6.47. The molecule has 0 spiro atoms. The van der Waals surface area contributed by atoms with Gasteiger partial charge >= 0.3 is 0 Å². The van der Waals surface area contributed by atoms with Crippen molar-refractivity contribution in [2.75, 3.05) is 16.8 Å². The third kappa shape index (κ3) is 2.89. The molecule has 2 unspecified atom stereocenters. The van der Waals surface area contributed by atoms with Crippen LogP contribution in [0, 0.1) is 6.92 Å². The van der Waals surface area contributed by atoms with Crippen LogP contribution < -0.4 is 15.5 Å². The van der Waals surface area contributed by atoms with E-state index in [0.717, 1.165) is 28.6 Å². The summed E-state index contributed by atoms with van der Waals surface area (Å²) in [5.41, 5.74) is 3.20. The van der Waals surface area contributed by atoms with Gasteiger partial charge in [0.2, 0.25) is 11.8 Å². The van der Waals surface area contributed by atoms with Crippen LogP contribution in [0.4, 0.5) is 11.5 Å². The van der Waals surface area contributed by atoms with Crippen LogP contribution >= 0.6 is 0 Å². The van der Waals surface area contributed by atoms with Crippen molar-refractivity contribution in [2.24, 2.45) is 7.05 Å². The van der Waals surface area contributed by atoms with Crippen molar-refractivity contribution in [3.63, 3.8) is 0 Å². The van der Waals surface area contributed by atoms with Gasteiger partial charge in [0.1, 0.15) is 11.7 Å². The molecule has 2 N–H and O–H groups in total.